The second-order valence-corrected chi connectivity index (χ2v) is 5.22. The van der Waals surface area contributed by atoms with E-state index in [1.54, 1.807) is 6.92 Å². The standard InChI is InChI=1S/C12H20N4O2/c1-8-9(13)10(16-15-8)11(17)14-7-12(2)3-5-18-6-4-12/h3-7,13H2,1-2H3,(H,14,17)(H,15,16). The molecule has 0 radical (unpaired) electrons. The van der Waals surface area contributed by atoms with Crippen LogP contribution in [0.5, 0.6) is 0 Å². The van der Waals surface area contributed by atoms with Crippen LogP contribution >= 0.6 is 0 Å². The van der Waals surface area contributed by atoms with Gasteiger partial charge in [-0.2, -0.15) is 5.10 Å². The number of anilines is 1. The molecule has 0 aromatic carbocycles. The number of H-pyrrole nitrogens is 1. The zero-order chi connectivity index (χ0) is 13.2. The van der Waals surface area contributed by atoms with Crippen LogP contribution in [0, 0.1) is 12.3 Å². The first kappa shape index (κ1) is 12.9. The normalized spacial score (nSPS) is 18.6. The van der Waals surface area contributed by atoms with E-state index >= 15 is 0 Å². The molecule has 18 heavy (non-hydrogen) atoms. The van der Waals surface area contributed by atoms with E-state index in [4.69, 9.17) is 10.5 Å². The molecular formula is C12H20N4O2. The fraction of sp³-hybridized carbons (Fsp3) is 0.667. The van der Waals surface area contributed by atoms with Gasteiger partial charge < -0.3 is 15.8 Å². The molecule has 100 valence electrons. The predicted molar refractivity (Wildman–Crippen MR) is 68.2 cm³/mol. The zero-order valence-corrected chi connectivity index (χ0v) is 10.9. The summed E-state index contributed by atoms with van der Waals surface area (Å²) >= 11 is 0. The van der Waals surface area contributed by atoms with Crippen molar-refractivity contribution in [3.8, 4) is 0 Å². The van der Waals surface area contributed by atoms with Crippen molar-refractivity contribution in [3.05, 3.63) is 11.4 Å². The van der Waals surface area contributed by atoms with E-state index in [1.165, 1.54) is 0 Å². The maximum Gasteiger partial charge on any atom is 0.273 e. The lowest BCUT2D eigenvalue weighted by atomic mass is 9.82. The second-order valence-electron chi connectivity index (χ2n) is 5.22. The average Bonchev–Trinajstić information content (AvgIpc) is 2.68. The summed E-state index contributed by atoms with van der Waals surface area (Å²) in [7, 11) is 0. The van der Waals surface area contributed by atoms with Crippen LogP contribution in [-0.2, 0) is 4.74 Å². The van der Waals surface area contributed by atoms with Crippen molar-refractivity contribution in [3.63, 3.8) is 0 Å². The minimum atomic E-state index is -0.218. The summed E-state index contributed by atoms with van der Waals surface area (Å²) < 4.78 is 5.33. The first-order chi connectivity index (χ1) is 8.52. The highest BCUT2D eigenvalue weighted by Gasteiger charge is 2.28. The molecule has 0 aliphatic carbocycles. The molecule has 2 rings (SSSR count). The third-order valence-electron chi connectivity index (χ3n) is 3.59. The van der Waals surface area contributed by atoms with Gasteiger partial charge in [0.05, 0.1) is 11.4 Å². The molecule has 2 heterocycles. The molecule has 6 heteroatoms. The minimum absolute atomic E-state index is 0.105. The van der Waals surface area contributed by atoms with Crippen molar-refractivity contribution < 1.29 is 9.53 Å². The molecule has 0 spiro atoms. The van der Waals surface area contributed by atoms with Gasteiger partial charge in [-0.25, -0.2) is 0 Å². The zero-order valence-electron chi connectivity index (χ0n) is 10.9. The summed E-state index contributed by atoms with van der Waals surface area (Å²) in [6.07, 6.45) is 1.92. The van der Waals surface area contributed by atoms with Crippen LogP contribution in [0.1, 0.15) is 35.9 Å². The Morgan fingerprint density at radius 3 is 2.78 bits per heavy atom. The Balaban J connectivity index is 1.94. The number of nitrogens with one attached hydrogen (secondary N) is 2. The number of carbonyl (C=O) groups is 1. The van der Waals surface area contributed by atoms with Gasteiger partial charge in [0.15, 0.2) is 5.69 Å². The van der Waals surface area contributed by atoms with Crippen molar-refractivity contribution >= 4 is 11.6 Å². The molecule has 0 saturated carbocycles. The number of aryl methyl sites for hydroxylation is 1. The van der Waals surface area contributed by atoms with Crippen molar-refractivity contribution in [1.29, 1.82) is 0 Å². The fourth-order valence-corrected chi connectivity index (χ4v) is 2.03. The number of hydrogen-bond acceptors (Lipinski definition) is 4. The maximum atomic E-state index is 12.0. The number of aromatic nitrogens is 2. The fourth-order valence-electron chi connectivity index (χ4n) is 2.03. The summed E-state index contributed by atoms with van der Waals surface area (Å²) in [6, 6.07) is 0. The number of ether oxygens (including phenoxy) is 1. The van der Waals surface area contributed by atoms with Crippen molar-refractivity contribution in [2.24, 2.45) is 5.41 Å². The van der Waals surface area contributed by atoms with Crippen LogP contribution in [0.25, 0.3) is 0 Å². The number of carbonyl (C=O) groups excluding carboxylic acids is 1. The van der Waals surface area contributed by atoms with Crippen LogP contribution in [-0.4, -0.2) is 35.9 Å². The van der Waals surface area contributed by atoms with Gasteiger partial charge in [-0.05, 0) is 25.2 Å². The summed E-state index contributed by atoms with van der Waals surface area (Å²) in [5, 5.41) is 9.53. The monoisotopic (exact) mass is 252 g/mol. The van der Waals surface area contributed by atoms with E-state index in [9.17, 15) is 4.79 Å². The third-order valence-corrected chi connectivity index (χ3v) is 3.59. The quantitative estimate of drug-likeness (QED) is 0.743. The van der Waals surface area contributed by atoms with E-state index in [-0.39, 0.29) is 17.0 Å². The molecule has 1 aliphatic heterocycles. The molecule has 4 N–H and O–H groups in total. The Bertz CT molecular complexity index is 435. The number of nitrogens with zero attached hydrogens (tertiary/aromatic N) is 1. The van der Waals surface area contributed by atoms with Gasteiger partial charge in [-0.15, -0.1) is 0 Å². The molecule has 0 bridgehead atoms. The van der Waals surface area contributed by atoms with Crippen LogP contribution in [0.15, 0.2) is 0 Å². The van der Waals surface area contributed by atoms with Gasteiger partial charge in [0.25, 0.3) is 5.91 Å². The maximum absolute atomic E-state index is 12.0. The molecular weight excluding hydrogens is 232 g/mol. The Morgan fingerprint density at radius 2 is 2.22 bits per heavy atom. The molecule has 1 aromatic heterocycles. The summed E-state index contributed by atoms with van der Waals surface area (Å²) in [5.74, 6) is -0.218. The minimum Gasteiger partial charge on any atom is -0.395 e. The molecule has 1 amide bonds. The Labute approximate surface area is 106 Å². The van der Waals surface area contributed by atoms with Crippen molar-refractivity contribution in [1.82, 2.24) is 15.5 Å². The number of nitrogen functional groups attached to an aromatic ring is 1. The molecule has 1 aliphatic rings. The summed E-state index contributed by atoms with van der Waals surface area (Å²) in [4.78, 5) is 12.0. The Morgan fingerprint density at radius 1 is 1.56 bits per heavy atom. The lowest BCUT2D eigenvalue weighted by Gasteiger charge is -2.33. The molecule has 1 fully saturated rings. The number of hydrogen-bond donors (Lipinski definition) is 3. The molecule has 6 nitrogen and oxygen atoms in total. The number of amides is 1. The number of nitrogens with two attached hydrogens (primary N) is 1. The van der Waals surface area contributed by atoms with Crippen LogP contribution in [0.3, 0.4) is 0 Å². The van der Waals surface area contributed by atoms with E-state index in [0.717, 1.165) is 31.7 Å². The van der Waals surface area contributed by atoms with E-state index in [2.05, 4.69) is 22.4 Å². The highest BCUT2D eigenvalue weighted by atomic mass is 16.5. The molecule has 1 aromatic rings. The average molecular weight is 252 g/mol. The SMILES string of the molecule is Cc1[nH]nc(C(=O)NCC2(C)CCOCC2)c1N. The highest BCUT2D eigenvalue weighted by Crippen LogP contribution is 2.28. The molecule has 1 saturated heterocycles. The highest BCUT2D eigenvalue weighted by molar-refractivity contribution is 5.97. The topological polar surface area (TPSA) is 93.0 Å². The van der Waals surface area contributed by atoms with E-state index in [1.807, 2.05) is 0 Å². The van der Waals surface area contributed by atoms with Crippen molar-refractivity contribution in [2.75, 3.05) is 25.5 Å². The largest absolute Gasteiger partial charge is 0.395 e. The third kappa shape index (κ3) is 2.64. The van der Waals surface area contributed by atoms with Gasteiger partial charge in [0, 0.05) is 19.8 Å². The summed E-state index contributed by atoms with van der Waals surface area (Å²) in [6.45, 7) is 6.10. The smallest absolute Gasteiger partial charge is 0.273 e. The predicted octanol–water partition coefficient (Wildman–Crippen LogP) is 0.847. The lowest BCUT2D eigenvalue weighted by molar-refractivity contribution is 0.0238. The van der Waals surface area contributed by atoms with Crippen molar-refractivity contribution in [2.45, 2.75) is 26.7 Å². The van der Waals surface area contributed by atoms with E-state index in [0.29, 0.717) is 12.2 Å². The number of aromatic amines is 1. The Hall–Kier alpha value is -1.56. The van der Waals surface area contributed by atoms with Gasteiger partial charge in [-0.1, -0.05) is 6.92 Å². The van der Waals surface area contributed by atoms with Gasteiger partial charge >= 0.3 is 0 Å². The second kappa shape index (κ2) is 4.97. The molecule has 0 unspecified atom stereocenters. The van der Waals surface area contributed by atoms with Crippen LogP contribution < -0.4 is 11.1 Å². The van der Waals surface area contributed by atoms with Gasteiger partial charge in [0.1, 0.15) is 0 Å². The van der Waals surface area contributed by atoms with Gasteiger partial charge in [0.2, 0.25) is 0 Å². The van der Waals surface area contributed by atoms with Crippen LogP contribution in [0.2, 0.25) is 0 Å². The molecule has 0 atom stereocenters. The van der Waals surface area contributed by atoms with Gasteiger partial charge in [-0.3, -0.25) is 9.89 Å². The first-order valence-electron chi connectivity index (χ1n) is 6.18. The lowest BCUT2D eigenvalue weighted by Crippen LogP contribution is -2.39. The number of rotatable bonds is 3. The Kier molecular flexibility index (Phi) is 3.56. The van der Waals surface area contributed by atoms with Crippen LogP contribution in [0.4, 0.5) is 5.69 Å². The van der Waals surface area contributed by atoms with E-state index < -0.39 is 0 Å². The summed E-state index contributed by atoms with van der Waals surface area (Å²) in [5.41, 5.74) is 7.30. The first-order valence-corrected chi connectivity index (χ1v) is 6.18.